The van der Waals surface area contributed by atoms with Crippen molar-refractivity contribution < 1.29 is 4.79 Å². The van der Waals surface area contributed by atoms with Crippen LogP contribution in [-0.2, 0) is 11.2 Å². The summed E-state index contributed by atoms with van der Waals surface area (Å²) in [5.74, 6) is 1.04. The zero-order valence-corrected chi connectivity index (χ0v) is 18.8. The van der Waals surface area contributed by atoms with E-state index in [1.807, 2.05) is 20.9 Å². The number of aromatic nitrogens is 1. The molecule has 3 heterocycles. The molecule has 0 atom stereocenters. The number of carbonyl (C=O) groups is 1. The number of thiazole rings is 1. The molecule has 1 amide bonds. The summed E-state index contributed by atoms with van der Waals surface area (Å²) in [6.45, 7) is 11.1. The monoisotopic (exact) mass is 421 g/mol. The molecule has 2 aliphatic rings. The lowest BCUT2D eigenvalue weighted by Crippen LogP contribution is -2.54. The summed E-state index contributed by atoms with van der Waals surface area (Å²) >= 11 is 1.76. The van der Waals surface area contributed by atoms with Crippen molar-refractivity contribution in [3.8, 4) is 0 Å². The number of hydrogen-bond donors (Lipinski definition) is 2. The minimum atomic E-state index is 0.104. The Kier molecular flexibility index (Phi) is 8.11. The summed E-state index contributed by atoms with van der Waals surface area (Å²) in [5.41, 5.74) is 1.15. The number of nitrogens with zero attached hydrogens (tertiary/aromatic N) is 5. The number of hydrogen-bond acceptors (Lipinski definition) is 6. The predicted molar refractivity (Wildman–Crippen MR) is 120 cm³/mol. The van der Waals surface area contributed by atoms with Gasteiger partial charge in [0.15, 0.2) is 11.1 Å². The van der Waals surface area contributed by atoms with Crippen LogP contribution < -0.4 is 15.5 Å². The molecule has 2 N–H and O–H groups in total. The molecule has 162 valence electrons. The first-order valence-corrected chi connectivity index (χ1v) is 11.6. The number of nitrogens with one attached hydrogen (secondary N) is 2. The van der Waals surface area contributed by atoms with Crippen LogP contribution in [0.1, 0.15) is 32.4 Å². The highest BCUT2D eigenvalue weighted by Crippen LogP contribution is 2.24. The summed E-state index contributed by atoms with van der Waals surface area (Å²) in [7, 11) is 1.83. The van der Waals surface area contributed by atoms with Crippen molar-refractivity contribution >= 4 is 28.3 Å². The highest BCUT2D eigenvalue weighted by Gasteiger charge is 2.21. The van der Waals surface area contributed by atoms with Gasteiger partial charge in [0.05, 0.1) is 12.2 Å². The van der Waals surface area contributed by atoms with Crippen LogP contribution in [0.25, 0.3) is 0 Å². The van der Waals surface area contributed by atoms with Crippen molar-refractivity contribution in [3.63, 3.8) is 0 Å². The second-order valence-electron chi connectivity index (χ2n) is 8.02. The molecule has 29 heavy (non-hydrogen) atoms. The van der Waals surface area contributed by atoms with Gasteiger partial charge in [-0.1, -0.05) is 0 Å². The van der Waals surface area contributed by atoms with Gasteiger partial charge in [-0.3, -0.25) is 14.7 Å². The first-order valence-electron chi connectivity index (χ1n) is 10.7. The number of carbonyl (C=O) groups excluding carboxylic acids is 1. The van der Waals surface area contributed by atoms with Crippen LogP contribution in [-0.4, -0.2) is 92.1 Å². The predicted octanol–water partition coefficient (Wildman–Crippen LogP) is 1.00. The molecule has 2 fully saturated rings. The van der Waals surface area contributed by atoms with Crippen molar-refractivity contribution in [1.29, 1.82) is 0 Å². The Morgan fingerprint density at radius 2 is 1.93 bits per heavy atom. The van der Waals surface area contributed by atoms with Crippen molar-refractivity contribution in [2.75, 3.05) is 64.3 Å². The number of amides is 1. The molecule has 0 radical (unpaired) electrons. The maximum absolute atomic E-state index is 11.9. The van der Waals surface area contributed by atoms with Crippen molar-refractivity contribution in [2.24, 2.45) is 4.99 Å². The molecular weight excluding hydrogens is 386 g/mol. The Morgan fingerprint density at radius 1 is 1.21 bits per heavy atom. The Hall–Kier alpha value is -1.87. The van der Waals surface area contributed by atoms with E-state index in [4.69, 9.17) is 4.98 Å². The van der Waals surface area contributed by atoms with Gasteiger partial charge in [0.2, 0.25) is 5.91 Å². The largest absolute Gasteiger partial charge is 0.356 e. The SMILES string of the molecule is CN=C(NCCc1csc(N2CCCC2)n1)N1CCN(CC(=O)NC(C)C)CC1. The van der Waals surface area contributed by atoms with Crippen molar-refractivity contribution in [3.05, 3.63) is 11.1 Å². The molecule has 0 aromatic carbocycles. The molecule has 1 aromatic heterocycles. The molecule has 9 heteroatoms. The van der Waals surface area contributed by atoms with Gasteiger partial charge >= 0.3 is 0 Å². The van der Waals surface area contributed by atoms with Gasteiger partial charge in [0.1, 0.15) is 0 Å². The smallest absolute Gasteiger partial charge is 0.234 e. The quantitative estimate of drug-likeness (QED) is 0.505. The fourth-order valence-corrected chi connectivity index (χ4v) is 4.70. The van der Waals surface area contributed by atoms with Crippen LogP contribution in [0.15, 0.2) is 10.4 Å². The van der Waals surface area contributed by atoms with E-state index in [0.717, 1.165) is 63.9 Å². The molecule has 0 unspecified atom stereocenters. The summed E-state index contributed by atoms with van der Waals surface area (Å²) in [6.07, 6.45) is 3.46. The van der Waals surface area contributed by atoms with Gasteiger partial charge in [-0.05, 0) is 26.7 Å². The average Bonchev–Trinajstić information content (AvgIpc) is 3.37. The zero-order chi connectivity index (χ0) is 20.6. The lowest BCUT2D eigenvalue weighted by atomic mass is 10.3. The third kappa shape index (κ3) is 6.57. The number of rotatable bonds is 7. The summed E-state index contributed by atoms with van der Waals surface area (Å²) in [4.78, 5) is 28.0. The molecular formula is C20H35N7OS. The molecule has 0 aliphatic carbocycles. The van der Waals surface area contributed by atoms with Gasteiger partial charge in [-0.25, -0.2) is 4.98 Å². The molecule has 2 saturated heterocycles. The minimum absolute atomic E-state index is 0.104. The van der Waals surface area contributed by atoms with Crippen molar-refractivity contribution in [1.82, 2.24) is 25.4 Å². The zero-order valence-electron chi connectivity index (χ0n) is 18.0. The third-order valence-electron chi connectivity index (χ3n) is 5.28. The highest BCUT2D eigenvalue weighted by molar-refractivity contribution is 7.13. The van der Waals surface area contributed by atoms with Crippen LogP contribution in [0.4, 0.5) is 5.13 Å². The van der Waals surface area contributed by atoms with Gasteiger partial charge in [0, 0.05) is 70.7 Å². The third-order valence-corrected chi connectivity index (χ3v) is 6.23. The van der Waals surface area contributed by atoms with Crippen LogP contribution >= 0.6 is 11.3 Å². The maximum atomic E-state index is 11.9. The lowest BCUT2D eigenvalue weighted by molar-refractivity contribution is -0.123. The molecule has 2 aliphatic heterocycles. The Morgan fingerprint density at radius 3 is 2.59 bits per heavy atom. The molecule has 8 nitrogen and oxygen atoms in total. The topological polar surface area (TPSA) is 76.1 Å². The van der Waals surface area contributed by atoms with Gasteiger partial charge in [-0.2, -0.15) is 0 Å². The molecule has 1 aromatic rings. The molecule has 3 rings (SSSR count). The first-order chi connectivity index (χ1) is 14.0. The minimum Gasteiger partial charge on any atom is -0.356 e. The highest BCUT2D eigenvalue weighted by atomic mass is 32.1. The number of piperazine rings is 1. The summed E-state index contributed by atoms with van der Waals surface area (Å²) in [5, 5.41) is 9.78. The standard InChI is InChI=1S/C20H35N7OS/c1-16(2)23-18(28)14-25-10-12-26(13-11-25)19(21-3)22-7-6-17-15-29-20(24-17)27-8-4-5-9-27/h15-16H,4-14H2,1-3H3,(H,21,22)(H,23,28). The van der Waals surface area contributed by atoms with Gasteiger partial charge in [-0.15, -0.1) is 11.3 Å². The van der Waals surface area contributed by atoms with E-state index in [2.05, 4.69) is 35.7 Å². The second-order valence-corrected chi connectivity index (χ2v) is 8.86. The first kappa shape index (κ1) is 21.8. The molecule has 0 bridgehead atoms. The number of aliphatic imine (C=N–C) groups is 1. The van der Waals surface area contributed by atoms with Gasteiger partial charge in [0.25, 0.3) is 0 Å². The number of anilines is 1. The summed E-state index contributed by atoms with van der Waals surface area (Å²) in [6, 6.07) is 0.191. The van der Waals surface area contributed by atoms with E-state index in [1.54, 1.807) is 11.3 Å². The fourth-order valence-electron chi connectivity index (χ4n) is 3.79. The van der Waals surface area contributed by atoms with Crippen LogP contribution in [0.5, 0.6) is 0 Å². The van der Waals surface area contributed by atoms with E-state index in [0.29, 0.717) is 6.54 Å². The van der Waals surface area contributed by atoms with E-state index in [1.165, 1.54) is 18.0 Å². The Bertz CT molecular complexity index is 676. The van der Waals surface area contributed by atoms with E-state index >= 15 is 0 Å². The normalized spacial score (nSPS) is 18.6. The van der Waals surface area contributed by atoms with Crippen molar-refractivity contribution in [2.45, 2.75) is 39.2 Å². The summed E-state index contributed by atoms with van der Waals surface area (Å²) < 4.78 is 0. The average molecular weight is 422 g/mol. The second kappa shape index (κ2) is 10.8. The van der Waals surface area contributed by atoms with Crippen LogP contribution in [0, 0.1) is 0 Å². The van der Waals surface area contributed by atoms with E-state index in [-0.39, 0.29) is 11.9 Å². The lowest BCUT2D eigenvalue weighted by Gasteiger charge is -2.36. The van der Waals surface area contributed by atoms with Gasteiger partial charge < -0.3 is 20.4 Å². The Labute approximate surface area is 178 Å². The molecule has 0 saturated carbocycles. The number of guanidine groups is 1. The molecule has 0 spiro atoms. The van der Waals surface area contributed by atoms with Crippen LogP contribution in [0.3, 0.4) is 0 Å². The maximum Gasteiger partial charge on any atom is 0.234 e. The van der Waals surface area contributed by atoms with E-state index < -0.39 is 0 Å². The van der Waals surface area contributed by atoms with E-state index in [9.17, 15) is 4.79 Å². The van der Waals surface area contributed by atoms with Crippen LogP contribution in [0.2, 0.25) is 0 Å². The fraction of sp³-hybridized carbons (Fsp3) is 0.750. The Balaban J connectivity index is 1.38.